The number of unbranched alkanes of at least 4 members (excludes halogenated alkanes) is 3. The lowest BCUT2D eigenvalue weighted by Crippen LogP contribution is -2.46. The minimum Gasteiger partial charge on any atom is -0.354 e. The molecule has 0 bridgehead atoms. The van der Waals surface area contributed by atoms with E-state index in [0.717, 1.165) is 35.4 Å². The van der Waals surface area contributed by atoms with E-state index in [1.165, 1.54) is 12.8 Å². The summed E-state index contributed by atoms with van der Waals surface area (Å²) in [5, 5.41) is 10.1. The van der Waals surface area contributed by atoms with E-state index in [4.69, 9.17) is 5.10 Å². The number of carbonyl (C=O) groups is 1. The Morgan fingerprint density at radius 1 is 0.844 bits per heavy atom. The van der Waals surface area contributed by atoms with Gasteiger partial charge in [0.2, 0.25) is 5.91 Å². The molecule has 1 aliphatic heterocycles. The molecule has 0 spiro atoms. The molecule has 0 aliphatic carbocycles. The summed E-state index contributed by atoms with van der Waals surface area (Å²) in [5.41, 5.74) is 3.98. The molecule has 1 amide bonds. The first-order chi connectivity index (χ1) is 15.8. The molecular formula is C28H31N3O. The Labute approximate surface area is 191 Å². The van der Waals surface area contributed by atoms with Gasteiger partial charge in [0.15, 0.2) is 0 Å². The highest BCUT2D eigenvalue weighted by Gasteiger charge is 2.43. The third-order valence-corrected chi connectivity index (χ3v) is 5.94. The fourth-order valence-corrected chi connectivity index (χ4v) is 4.31. The van der Waals surface area contributed by atoms with E-state index in [1.54, 1.807) is 0 Å². The van der Waals surface area contributed by atoms with Crippen LogP contribution in [0.3, 0.4) is 0 Å². The number of amides is 1. The lowest BCUT2D eigenvalue weighted by molar-refractivity contribution is -0.122. The molecule has 4 nitrogen and oxygen atoms in total. The summed E-state index contributed by atoms with van der Waals surface area (Å²) < 4.78 is 0. The molecule has 0 saturated heterocycles. The van der Waals surface area contributed by atoms with Crippen LogP contribution in [0.15, 0.2) is 96.1 Å². The number of anilines is 1. The monoisotopic (exact) mass is 425 g/mol. The average molecular weight is 426 g/mol. The van der Waals surface area contributed by atoms with Crippen molar-refractivity contribution in [1.82, 2.24) is 5.32 Å². The Morgan fingerprint density at radius 2 is 1.47 bits per heavy atom. The first kappa shape index (κ1) is 21.8. The summed E-state index contributed by atoms with van der Waals surface area (Å²) in [6.45, 7) is 2.89. The van der Waals surface area contributed by atoms with Crippen molar-refractivity contribution in [1.29, 1.82) is 0 Å². The van der Waals surface area contributed by atoms with Gasteiger partial charge in [-0.1, -0.05) is 105 Å². The van der Waals surface area contributed by atoms with Gasteiger partial charge < -0.3 is 5.32 Å². The quantitative estimate of drug-likeness (QED) is 0.443. The number of hydrogen-bond donors (Lipinski definition) is 1. The Hall–Kier alpha value is -3.40. The van der Waals surface area contributed by atoms with Gasteiger partial charge in [-0.25, -0.2) is 0 Å². The van der Waals surface area contributed by atoms with Crippen LogP contribution in [0.5, 0.6) is 0 Å². The van der Waals surface area contributed by atoms with Gasteiger partial charge in [0.1, 0.15) is 6.04 Å². The molecule has 1 aliphatic rings. The second-order valence-electron chi connectivity index (χ2n) is 8.22. The second-order valence-corrected chi connectivity index (χ2v) is 8.22. The molecule has 0 aromatic heterocycles. The fourth-order valence-electron chi connectivity index (χ4n) is 4.31. The van der Waals surface area contributed by atoms with Crippen molar-refractivity contribution in [3.63, 3.8) is 0 Å². The summed E-state index contributed by atoms with van der Waals surface area (Å²) in [7, 11) is 0. The zero-order valence-electron chi connectivity index (χ0n) is 18.7. The highest BCUT2D eigenvalue weighted by Crippen LogP contribution is 2.37. The van der Waals surface area contributed by atoms with Crippen molar-refractivity contribution in [2.45, 2.75) is 44.6 Å². The van der Waals surface area contributed by atoms with Gasteiger partial charge >= 0.3 is 0 Å². The number of rotatable bonds is 9. The lowest BCUT2D eigenvalue weighted by atomic mass is 9.84. The predicted octanol–water partition coefficient (Wildman–Crippen LogP) is 5.76. The molecule has 2 atom stereocenters. The van der Waals surface area contributed by atoms with E-state index >= 15 is 0 Å². The molecule has 1 N–H and O–H groups in total. The SMILES string of the molecule is CCCCCCNC(=O)C1C(c2ccccc2)C(c2ccccc2)=NN1c1ccccc1. The number of nitrogens with zero attached hydrogens (tertiary/aromatic N) is 2. The highest BCUT2D eigenvalue weighted by atomic mass is 16.2. The van der Waals surface area contributed by atoms with Gasteiger partial charge in [0, 0.05) is 6.54 Å². The number of hydrogen-bond acceptors (Lipinski definition) is 3. The Balaban J connectivity index is 1.71. The maximum absolute atomic E-state index is 13.6. The number of nitrogens with one attached hydrogen (secondary N) is 1. The minimum absolute atomic E-state index is 0.0221. The smallest absolute Gasteiger partial charge is 0.245 e. The molecule has 0 radical (unpaired) electrons. The van der Waals surface area contributed by atoms with Crippen molar-refractivity contribution >= 4 is 17.3 Å². The van der Waals surface area contributed by atoms with Crippen LogP contribution in [0, 0.1) is 0 Å². The van der Waals surface area contributed by atoms with Gasteiger partial charge in [-0.15, -0.1) is 0 Å². The third-order valence-electron chi connectivity index (χ3n) is 5.94. The van der Waals surface area contributed by atoms with Crippen LogP contribution in [-0.2, 0) is 4.79 Å². The van der Waals surface area contributed by atoms with Gasteiger partial charge in [-0.2, -0.15) is 5.10 Å². The Morgan fingerprint density at radius 3 is 2.12 bits per heavy atom. The standard InChI is InChI=1S/C28H31N3O/c1-2-3-4-14-21-29-28(32)27-25(22-15-8-5-9-16-22)26(23-17-10-6-11-18-23)30-31(27)24-19-12-7-13-20-24/h5-13,15-20,25,27H,2-4,14,21H2,1H3,(H,29,32). The average Bonchev–Trinajstić information content (AvgIpc) is 3.26. The number of hydrazone groups is 1. The van der Waals surface area contributed by atoms with Gasteiger partial charge in [-0.05, 0) is 29.7 Å². The predicted molar refractivity (Wildman–Crippen MR) is 132 cm³/mol. The number of benzene rings is 3. The van der Waals surface area contributed by atoms with Crippen LogP contribution in [-0.4, -0.2) is 24.2 Å². The van der Waals surface area contributed by atoms with Crippen LogP contribution in [0.25, 0.3) is 0 Å². The lowest BCUT2D eigenvalue weighted by Gasteiger charge is -2.27. The Kier molecular flexibility index (Phi) is 7.34. The van der Waals surface area contributed by atoms with Crippen molar-refractivity contribution in [3.05, 3.63) is 102 Å². The summed E-state index contributed by atoms with van der Waals surface area (Å²) >= 11 is 0. The molecule has 4 rings (SSSR count). The van der Waals surface area contributed by atoms with E-state index < -0.39 is 6.04 Å². The summed E-state index contributed by atoms with van der Waals surface area (Å²) in [6.07, 6.45) is 4.52. The first-order valence-corrected chi connectivity index (χ1v) is 11.6. The molecular weight excluding hydrogens is 394 g/mol. The number of para-hydroxylation sites is 1. The molecule has 1 heterocycles. The summed E-state index contributed by atoms with van der Waals surface area (Å²) in [5.74, 6) is -0.136. The van der Waals surface area contributed by atoms with Crippen molar-refractivity contribution in [3.8, 4) is 0 Å². The van der Waals surface area contributed by atoms with Crippen molar-refractivity contribution in [2.75, 3.05) is 11.6 Å². The van der Waals surface area contributed by atoms with Crippen LogP contribution in [0.4, 0.5) is 5.69 Å². The molecule has 3 aromatic carbocycles. The normalized spacial score (nSPS) is 17.8. The van der Waals surface area contributed by atoms with E-state index in [9.17, 15) is 4.79 Å². The van der Waals surface area contributed by atoms with E-state index in [1.807, 2.05) is 71.7 Å². The molecule has 0 fully saturated rings. The van der Waals surface area contributed by atoms with Crippen LogP contribution in [0.2, 0.25) is 0 Å². The van der Waals surface area contributed by atoms with Crippen molar-refractivity contribution in [2.24, 2.45) is 5.10 Å². The molecule has 0 saturated carbocycles. The zero-order chi connectivity index (χ0) is 22.2. The third kappa shape index (κ3) is 4.91. The van der Waals surface area contributed by atoms with E-state index in [-0.39, 0.29) is 11.8 Å². The second kappa shape index (κ2) is 10.8. The zero-order valence-corrected chi connectivity index (χ0v) is 18.7. The fraction of sp³-hybridized carbons (Fsp3) is 0.286. The van der Waals surface area contributed by atoms with E-state index in [0.29, 0.717) is 6.54 Å². The van der Waals surface area contributed by atoms with Crippen molar-refractivity contribution < 1.29 is 4.79 Å². The van der Waals surface area contributed by atoms with Gasteiger partial charge in [-0.3, -0.25) is 9.80 Å². The molecule has 4 heteroatoms. The molecule has 2 unspecified atom stereocenters. The minimum atomic E-state index is -0.443. The maximum Gasteiger partial charge on any atom is 0.245 e. The maximum atomic E-state index is 13.6. The van der Waals surface area contributed by atoms with E-state index in [2.05, 4.69) is 36.5 Å². The Bertz CT molecular complexity index is 1020. The van der Waals surface area contributed by atoms with Gasteiger partial charge in [0.05, 0.1) is 17.3 Å². The molecule has 164 valence electrons. The van der Waals surface area contributed by atoms with Gasteiger partial charge in [0.25, 0.3) is 0 Å². The van der Waals surface area contributed by atoms with Crippen LogP contribution < -0.4 is 10.3 Å². The van der Waals surface area contributed by atoms with Crippen LogP contribution >= 0.6 is 0 Å². The summed E-state index contributed by atoms with van der Waals surface area (Å²) in [4.78, 5) is 13.6. The molecule has 32 heavy (non-hydrogen) atoms. The largest absolute Gasteiger partial charge is 0.354 e. The summed E-state index contributed by atoms with van der Waals surface area (Å²) in [6, 6.07) is 30.0. The highest BCUT2D eigenvalue weighted by molar-refractivity contribution is 6.11. The first-order valence-electron chi connectivity index (χ1n) is 11.6. The van der Waals surface area contributed by atoms with Crippen LogP contribution in [0.1, 0.15) is 49.7 Å². The molecule has 3 aromatic rings. The number of carbonyl (C=O) groups excluding carboxylic acids is 1. The topological polar surface area (TPSA) is 44.7 Å².